The first-order chi connectivity index (χ1) is 13.8. The number of rotatable bonds is 3. The lowest BCUT2D eigenvalue weighted by atomic mass is 9.46. The molecular formula is C25H39NO3. The highest BCUT2D eigenvalue weighted by Crippen LogP contribution is 2.67. The summed E-state index contributed by atoms with van der Waals surface area (Å²) >= 11 is 0. The largest absolute Gasteiger partial charge is 0.396 e. The molecule has 2 amide bonds. The first-order valence-electron chi connectivity index (χ1n) is 11.9. The Morgan fingerprint density at radius 3 is 2.48 bits per heavy atom. The smallest absolute Gasteiger partial charge is 0.226 e. The average molecular weight is 402 g/mol. The van der Waals surface area contributed by atoms with Gasteiger partial charge >= 0.3 is 0 Å². The lowest BCUT2D eigenvalue weighted by molar-refractivity contribution is -0.153. The molecule has 4 aliphatic carbocycles. The summed E-state index contributed by atoms with van der Waals surface area (Å²) in [5.74, 6) is 2.08. The molecule has 3 fully saturated rings. The van der Waals surface area contributed by atoms with Crippen LogP contribution >= 0.6 is 0 Å². The van der Waals surface area contributed by atoms with Crippen molar-refractivity contribution in [1.82, 2.24) is 4.90 Å². The van der Waals surface area contributed by atoms with Gasteiger partial charge in [-0.15, -0.1) is 0 Å². The Labute approximate surface area is 176 Å². The van der Waals surface area contributed by atoms with Crippen LogP contribution in [0.15, 0.2) is 11.6 Å². The van der Waals surface area contributed by atoms with Gasteiger partial charge in [-0.05, 0) is 80.5 Å². The number of aliphatic hydroxyl groups excluding tert-OH is 1. The van der Waals surface area contributed by atoms with Gasteiger partial charge in [-0.25, -0.2) is 0 Å². The number of hydrogen-bond donors (Lipinski definition) is 1. The Morgan fingerprint density at radius 2 is 1.86 bits per heavy atom. The summed E-state index contributed by atoms with van der Waals surface area (Å²) in [5, 5.41) is 10.5. The van der Waals surface area contributed by atoms with Gasteiger partial charge in [0.2, 0.25) is 11.8 Å². The highest BCUT2D eigenvalue weighted by Gasteiger charge is 2.62. The van der Waals surface area contributed by atoms with E-state index in [-0.39, 0.29) is 28.7 Å². The van der Waals surface area contributed by atoms with Crippen molar-refractivity contribution in [3.05, 3.63) is 11.6 Å². The number of imide groups is 1. The van der Waals surface area contributed by atoms with E-state index in [2.05, 4.69) is 19.9 Å². The third-order valence-corrected chi connectivity index (χ3v) is 9.82. The quantitative estimate of drug-likeness (QED) is 0.697. The number of carbonyl (C=O) groups is 2. The maximum atomic E-state index is 12.5. The molecule has 0 heterocycles. The molecule has 1 unspecified atom stereocenters. The SMILES string of the molecule is CC[C@H]1CC[C@H]2[C@@H]3CC=C4CCCC(N(C(C)=O)C(C)=O)[C@]4(C)[C@H]3CC[C@]12CO. The molecular weight excluding hydrogens is 362 g/mol. The number of allylic oxidation sites excluding steroid dienone is 1. The standard InChI is InChI=1S/C25H39NO3/c1-5-18-10-12-22-20-11-9-19-7-6-8-23(26(16(2)28)17(3)29)24(19,4)21(20)13-14-25(18,22)15-27/h9,18,20-23,27H,5-8,10-15H2,1-4H3/t18-,20+,21-,22-,23?,24-,25-/m0/s1. The van der Waals surface area contributed by atoms with Crippen LogP contribution in [0.25, 0.3) is 0 Å². The summed E-state index contributed by atoms with van der Waals surface area (Å²) in [6, 6.07) is -0.0182. The maximum Gasteiger partial charge on any atom is 0.226 e. The number of nitrogens with zero attached hydrogens (tertiary/aromatic N) is 1. The van der Waals surface area contributed by atoms with Crippen LogP contribution in [0.1, 0.15) is 85.5 Å². The predicted molar refractivity (Wildman–Crippen MR) is 114 cm³/mol. The van der Waals surface area contributed by atoms with Crippen LogP contribution in [0.3, 0.4) is 0 Å². The maximum absolute atomic E-state index is 12.5. The van der Waals surface area contributed by atoms with Crippen LogP contribution < -0.4 is 0 Å². The summed E-state index contributed by atoms with van der Waals surface area (Å²) in [6.07, 6.45) is 12.5. The molecule has 0 saturated heterocycles. The molecule has 0 radical (unpaired) electrons. The van der Waals surface area contributed by atoms with E-state index in [1.54, 1.807) is 18.7 Å². The van der Waals surface area contributed by atoms with Crippen molar-refractivity contribution in [1.29, 1.82) is 0 Å². The van der Waals surface area contributed by atoms with E-state index in [1.807, 2.05) is 0 Å². The fourth-order valence-electron chi connectivity index (χ4n) is 8.63. The van der Waals surface area contributed by atoms with Crippen LogP contribution in [-0.2, 0) is 9.59 Å². The number of amides is 2. The van der Waals surface area contributed by atoms with Gasteiger partial charge in [-0.3, -0.25) is 14.5 Å². The third kappa shape index (κ3) is 2.88. The van der Waals surface area contributed by atoms with Gasteiger partial charge < -0.3 is 5.11 Å². The minimum Gasteiger partial charge on any atom is -0.396 e. The summed E-state index contributed by atoms with van der Waals surface area (Å²) in [7, 11) is 0. The van der Waals surface area contributed by atoms with E-state index >= 15 is 0 Å². The van der Waals surface area contributed by atoms with Crippen LogP contribution in [0.4, 0.5) is 0 Å². The third-order valence-electron chi connectivity index (χ3n) is 9.82. The molecule has 4 heteroatoms. The molecule has 4 nitrogen and oxygen atoms in total. The van der Waals surface area contributed by atoms with Gasteiger partial charge in [0.1, 0.15) is 0 Å². The monoisotopic (exact) mass is 401 g/mol. The van der Waals surface area contributed by atoms with Crippen molar-refractivity contribution in [3.63, 3.8) is 0 Å². The fraction of sp³-hybridized carbons (Fsp3) is 0.840. The van der Waals surface area contributed by atoms with E-state index in [1.165, 1.54) is 18.4 Å². The molecule has 1 N–H and O–H groups in total. The lowest BCUT2D eigenvalue weighted by Gasteiger charge is -2.61. The van der Waals surface area contributed by atoms with Crippen molar-refractivity contribution in [2.45, 2.75) is 91.5 Å². The van der Waals surface area contributed by atoms with Crippen molar-refractivity contribution in [2.24, 2.45) is 34.5 Å². The van der Waals surface area contributed by atoms with Crippen LogP contribution in [-0.4, -0.2) is 34.5 Å². The van der Waals surface area contributed by atoms with Gasteiger partial charge in [0.05, 0.1) is 0 Å². The normalized spacial score (nSPS) is 43.6. The number of fused-ring (bicyclic) bond motifs is 5. The van der Waals surface area contributed by atoms with E-state index in [0.717, 1.165) is 44.9 Å². The molecule has 29 heavy (non-hydrogen) atoms. The van der Waals surface area contributed by atoms with Crippen LogP contribution in [0.2, 0.25) is 0 Å². The van der Waals surface area contributed by atoms with E-state index < -0.39 is 0 Å². The molecule has 0 bridgehead atoms. The molecule has 4 aliphatic rings. The van der Waals surface area contributed by atoms with Crippen molar-refractivity contribution < 1.29 is 14.7 Å². The first-order valence-corrected chi connectivity index (χ1v) is 11.9. The topological polar surface area (TPSA) is 57.6 Å². The molecule has 0 aromatic rings. The highest BCUT2D eigenvalue weighted by atomic mass is 16.3. The van der Waals surface area contributed by atoms with Crippen molar-refractivity contribution in [2.75, 3.05) is 6.61 Å². The molecule has 0 spiro atoms. The fourth-order valence-corrected chi connectivity index (χ4v) is 8.63. The molecule has 3 saturated carbocycles. The second-order valence-corrected chi connectivity index (χ2v) is 10.6. The van der Waals surface area contributed by atoms with E-state index in [0.29, 0.717) is 30.3 Å². The zero-order valence-electron chi connectivity index (χ0n) is 18.7. The summed E-state index contributed by atoms with van der Waals surface area (Å²) in [4.78, 5) is 26.5. The Kier molecular flexibility index (Phi) is 5.46. The van der Waals surface area contributed by atoms with Crippen LogP contribution in [0, 0.1) is 34.5 Å². The Balaban J connectivity index is 1.74. The minimum atomic E-state index is -0.112. The predicted octanol–water partition coefficient (Wildman–Crippen LogP) is 4.71. The van der Waals surface area contributed by atoms with E-state index in [4.69, 9.17) is 0 Å². The van der Waals surface area contributed by atoms with Gasteiger partial charge in [0.15, 0.2) is 0 Å². The Bertz CT molecular complexity index is 701. The molecule has 4 rings (SSSR count). The molecule has 0 aromatic carbocycles. The summed E-state index contributed by atoms with van der Waals surface area (Å²) in [6.45, 7) is 8.05. The van der Waals surface area contributed by atoms with Gasteiger partial charge in [-0.2, -0.15) is 0 Å². The molecule has 162 valence electrons. The number of carbonyl (C=O) groups excluding carboxylic acids is 2. The molecule has 7 atom stereocenters. The average Bonchev–Trinajstić information content (AvgIpc) is 3.07. The highest BCUT2D eigenvalue weighted by molar-refractivity contribution is 5.93. The first kappa shape index (κ1) is 21.1. The van der Waals surface area contributed by atoms with Crippen molar-refractivity contribution >= 4 is 11.8 Å². The summed E-state index contributed by atoms with van der Waals surface area (Å²) in [5.41, 5.74) is 1.48. The molecule has 0 aliphatic heterocycles. The number of hydrogen-bond acceptors (Lipinski definition) is 3. The Morgan fingerprint density at radius 1 is 1.14 bits per heavy atom. The second kappa shape index (κ2) is 7.51. The van der Waals surface area contributed by atoms with Gasteiger partial charge in [0.25, 0.3) is 0 Å². The lowest BCUT2D eigenvalue weighted by Crippen LogP contribution is -2.60. The summed E-state index contributed by atoms with van der Waals surface area (Å²) < 4.78 is 0. The zero-order chi connectivity index (χ0) is 21.0. The Hall–Kier alpha value is -1.16. The van der Waals surface area contributed by atoms with Crippen LogP contribution in [0.5, 0.6) is 0 Å². The second-order valence-electron chi connectivity index (χ2n) is 10.6. The van der Waals surface area contributed by atoms with Gasteiger partial charge in [0, 0.05) is 31.9 Å². The number of aliphatic hydroxyl groups is 1. The minimum absolute atomic E-state index is 0.0182. The van der Waals surface area contributed by atoms with E-state index in [9.17, 15) is 14.7 Å². The van der Waals surface area contributed by atoms with Gasteiger partial charge in [-0.1, -0.05) is 31.9 Å². The molecule has 0 aromatic heterocycles. The van der Waals surface area contributed by atoms with Crippen molar-refractivity contribution in [3.8, 4) is 0 Å². The zero-order valence-corrected chi connectivity index (χ0v) is 18.7.